The van der Waals surface area contributed by atoms with Crippen LogP contribution in [0.15, 0.2) is 108 Å². The van der Waals surface area contributed by atoms with E-state index in [9.17, 15) is 0 Å². The summed E-state index contributed by atoms with van der Waals surface area (Å²) in [5.41, 5.74) is 11.2. The lowest BCUT2D eigenvalue weighted by molar-refractivity contribution is 0.205. The van der Waals surface area contributed by atoms with E-state index in [2.05, 4.69) is 96.0 Å². The molecular weight excluding hydrogens is 462 g/mol. The summed E-state index contributed by atoms with van der Waals surface area (Å²) in [5, 5.41) is 0. The molecule has 0 saturated carbocycles. The summed E-state index contributed by atoms with van der Waals surface area (Å²) in [6.07, 6.45) is 31.3. The predicted molar refractivity (Wildman–Crippen MR) is 157 cm³/mol. The Bertz CT molecular complexity index is 1480. The minimum atomic E-state index is 0.289. The first-order valence-corrected chi connectivity index (χ1v) is 14.7. The Balaban J connectivity index is 1.19. The number of rotatable bonds is 3. The molecule has 2 aromatic rings. The largest absolute Gasteiger partial charge is 0.488 e. The van der Waals surface area contributed by atoms with Gasteiger partial charge in [-0.2, -0.15) is 0 Å². The second-order valence-electron chi connectivity index (χ2n) is 11.7. The molecule has 0 aromatic heterocycles. The highest BCUT2D eigenvalue weighted by atomic mass is 16.5. The van der Waals surface area contributed by atoms with Crippen molar-refractivity contribution in [1.82, 2.24) is 0 Å². The monoisotopic (exact) mass is 497 g/mol. The summed E-state index contributed by atoms with van der Waals surface area (Å²) < 4.78 is 6.60. The van der Waals surface area contributed by atoms with Crippen molar-refractivity contribution in [3.8, 4) is 16.9 Å². The molecule has 2 aromatic carbocycles. The Kier molecular flexibility index (Phi) is 5.35. The number of hydrogen-bond donors (Lipinski definition) is 0. The van der Waals surface area contributed by atoms with Gasteiger partial charge in [0, 0.05) is 34.3 Å². The highest BCUT2D eigenvalue weighted by Gasteiger charge is 2.39. The van der Waals surface area contributed by atoms with Crippen LogP contribution in [0.4, 0.5) is 5.69 Å². The van der Waals surface area contributed by atoms with Crippen LogP contribution in [0.25, 0.3) is 11.1 Å². The lowest BCUT2D eigenvalue weighted by Crippen LogP contribution is -2.32. The van der Waals surface area contributed by atoms with Gasteiger partial charge in [-0.25, -0.2) is 0 Å². The molecule has 0 radical (unpaired) electrons. The average Bonchev–Trinajstić information content (AvgIpc) is 3.53. The van der Waals surface area contributed by atoms with E-state index in [0.717, 1.165) is 31.4 Å². The van der Waals surface area contributed by atoms with Crippen molar-refractivity contribution in [1.29, 1.82) is 0 Å². The number of nitrogens with zero attached hydrogens (tertiary/aromatic N) is 1. The number of anilines is 1. The molecular formula is C36H35NO. The molecule has 0 N–H and O–H groups in total. The van der Waals surface area contributed by atoms with Crippen LogP contribution in [0.5, 0.6) is 5.75 Å². The fourth-order valence-electron chi connectivity index (χ4n) is 7.62. The maximum Gasteiger partial charge on any atom is 0.131 e. The molecule has 2 heterocycles. The van der Waals surface area contributed by atoms with Crippen LogP contribution in [-0.4, -0.2) is 12.1 Å². The molecule has 4 aliphatic carbocycles. The minimum Gasteiger partial charge on any atom is -0.488 e. The Morgan fingerprint density at radius 2 is 1.79 bits per heavy atom. The minimum absolute atomic E-state index is 0.289. The molecule has 0 bridgehead atoms. The second-order valence-corrected chi connectivity index (χ2v) is 11.7. The topological polar surface area (TPSA) is 12.5 Å². The van der Waals surface area contributed by atoms with Crippen molar-refractivity contribution in [2.45, 2.75) is 75.3 Å². The van der Waals surface area contributed by atoms with E-state index in [1.165, 1.54) is 64.9 Å². The molecule has 0 spiro atoms. The van der Waals surface area contributed by atoms with Crippen LogP contribution in [-0.2, 0) is 0 Å². The summed E-state index contributed by atoms with van der Waals surface area (Å²) in [5.74, 6) is 1.88. The quantitative estimate of drug-likeness (QED) is 0.392. The van der Waals surface area contributed by atoms with Gasteiger partial charge in [-0.3, -0.25) is 0 Å². The van der Waals surface area contributed by atoms with E-state index in [0.29, 0.717) is 17.9 Å². The summed E-state index contributed by atoms with van der Waals surface area (Å²) in [4.78, 5) is 2.64. The Morgan fingerprint density at radius 1 is 0.816 bits per heavy atom. The molecule has 8 rings (SSSR count). The molecule has 4 unspecified atom stereocenters. The first-order valence-electron chi connectivity index (χ1n) is 14.7. The van der Waals surface area contributed by atoms with Crippen LogP contribution in [0.2, 0.25) is 0 Å². The number of fused-ring (bicyclic) bond motifs is 6. The molecule has 0 amide bonds. The molecule has 2 aliphatic heterocycles. The number of allylic oxidation sites excluding steroid dienone is 9. The Morgan fingerprint density at radius 3 is 2.74 bits per heavy atom. The van der Waals surface area contributed by atoms with E-state index < -0.39 is 0 Å². The normalized spacial score (nSPS) is 28.5. The van der Waals surface area contributed by atoms with E-state index in [4.69, 9.17) is 4.74 Å². The van der Waals surface area contributed by atoms with Crippen LogP contribution in [0.1, 0.15) is 74.3 Å². The zero-order valence-corrected chi connectivity index (χ0v) is 22.0. The molecule has 6 aliphatic rings. The van der Waals surface area contributed by atoms with Crippen molar-refractivity contribution < 1.29 is 4.74 Å². The standard InChI is InChI=1S/C36H35NO/c1-2-10-24(11-3-1)25-12-8-13-27(22-25)37-33-18-6-4-14-29(33)32-23-26(20-21-34(32)37)28-16-9-17-31-30-15-5-7-19-35(30)38-36(28)31/h4-6,9-10,12,14-18,20-23,29-30,33,35H,1-3,7-8,11,13,19H2. The summed E-state index contributed by atoms with van der Waals surface area (Å²) in [7, 11) is 0. The molecule has 0 fully saturated rings. The van der Waals surface area contributed by atoms with E-state index in [1.54, 1.807) is 5.57 Å². The Hall–Kier alpha value is -3.52. The highest BCUT2D eigenvalue weighted by Crippen LogP contribution is 2.51. The van der Waals surface area contributed by atoms with Crippen LogP contribution in [0.3, 0.4) is 0 Å². The molecule has 190 valence electrons. The Labute approximate surface area is 226 Å². The van der Waals surface area contributed by atoms with Crippen molar-refractivity contribution >= 4 is 5.69 Å². The number of benzene rings is 2. The van der Waals surface area contributed by atoms with Gasteiger partial charge in [0.05, 0.1) is 6.04 Å². The molecule has 38 heavy (non-hydrogen) atoms. The van der Waals surface area contributed by atoms with Gasteiger partial charge in [0.2, 0.25) is 0 Å². The molecule has 2 heteroatoms. The van der Waals surface area contributed by atoms with Gasteiger partial charge in [0.1, 0.15) is 11.9 Å². The van der Waals surface area contributed by atoms with Gasteiger partial charge in [-0.1, -0.05) is 72.9 Å². The van der Waals surface area contributed by atoms with Gasteiger partial charge >= 0.3 is 0 Å². The number of para-hydroxylation sites is 1. The third-order valence-corrected chi connectivity index (χ3v) is 9.45. The van der Waals surface area contributed by atoms with Crippen molar-refractivity contribution in [2.75, 3.05) is 4.90 Å². The molecule has 0 saturated heterocycles. The van der Waals surface area contributed by atoms with E-state index in [1.807, 2.05) is 0 Å². The van der Waals surface area contributed by atoms with Crippen LogP contribution < -0.4 is 9.64 Å². The maximum absolute atomic E-state index is 6.60. The third kappa shape index (κ3) is 3.53. The van der Waals surface area contributed by atoms with Gasteiger partial charge in [0.15, 0.2) is 0 Å². The fraction of sp³-hybridized carbons (Fsp3) is 0.333. The van der Waals surface area contributed by atoms with Crippen LogP contribution in [0, 0.1) is 0 Å². The highest BCUT2D eigenvalue weighted by molar-refractivity contribution is 5.80. The summed E-state index contributed by atoms with van der Waals surface area (Å²) >= 11 is 0. The van der Waals surface area contributed by atoms with Gasteiger partial charge in [0.25, 0.3) is 0 Å². The third-order valence-electron chi connectivity index (χ3n) is 9.45. The summed E-state index contributed by atoms with van der Waals surface area (Å²) in [6.45, 7) is 0. The number of ether oxygens (including phenoxy) is 1. The summed E-state index contributed by atoms with van der Waals surface area (Å²) in [6, 6.07) is 14.2. The second kappa shape index (κ2) is 9.05. The first kappa shape index (κ1) is 22.5. The van der Waals surface area contributed by atoms with Crippen molar-refractivity contribution in [2.24, 2.45) is 0 Å². The lowest BCUT2D eigenvalue weighted by atomic mass is 9.86. The maximum atomic E-state index is 6.60. The van der Waals surface area contributed by atoms with Crippen molar-refractivity contribution in [3.05, 3.63) is 119 Å². The van der Waals surface area contributed by atoms with Gasteiger partial charge in [-0.05, 0) is 91.8 Å². The zero-order chi connectivity index (χ0) is 25.1. The molecule has 4 atom stereocenters. The average molecular weight is 498 g/mol. The van der Waals surface area contributed by atoms with E-state index in [-0.39, 0.29) is 6.10 Å². The zero-order valence-electron chi connectivity index (χ0n) is 22.0. The smallest absolute Gasteiger partial charge is 0.131 e. The fourth-order valence-corrected chi connectivity index (χ4v) is 7.62. The van der Waals surface area contributed by atoms with Gasteiger partial charge in [-0.15, -0.1) is 0 Å². The van der Waals surface area contributed by atoms with Crippen molar-refractivity contribution in [3.63, 3.8) is 0 Å². The first-order chi connectivity index (χ1) is 18.8. The van der Waals surface area contributed by atoms with E-state index >= 15 is 0 Å². The number of hydrogen-bond acceptors (Lipinski definition) is 2. The predicted octanol–water partition coefficient (Wildman–Crippen LogP) is 9.05. The van der Waals surface area contributed by atoms with Gasteiger partial charge < -0.3 is 9.64 Å². The lowest BCUT2D eigenvalue weighted by Gasteiger charge is -2.33. The molecule has 2 nitrogen and oxygen atoms in total. The van der Waals surface area contributed by atoms with Crippen LogP contribution >= 0.6 is 0 Å². The SMILES string of the molecule is C1=CC2c3cc(-c4cccc5c4OC4CCC=CC54)ccc3N(C3=CC(C4=CCCCC4)=CCC3)C2C=C1.